The summed E-state index contributed by atoms with van der Waals surface area (Å²) in [5.74, 6) is -0.586. The number of fused-ring (bicyclic) bond motifs is 1. The fourth-order valence-corrected chi connectivity index (χ4v) is 4.15. The lowest BCUT2D eigenvalue weighted by Gasteiger charge is -2.14. The number of anilines is 1. The molecule has 0 radical (unpaired) electrons. The van der Waals surface area contributed by atoms with Gasteiger partial charge in [-0.1, -0.05) is 65.7 Å². The van der Waals surface area contributed by atoms with Crippen LogP contribution in [0, 0.1) is 0 Å². The van der Waals surface area contributed by atoms with Gasteiger partial charge in [0.15, 0.2) is 0 Å². The van der Waals surface area contributed by atoms with E-state index in [-0.39, 0.29) is 21.8 Å². The van der Waals surface area contributed by atoms with Crippen molar-refractivity contribution in [3.05, 3.63) is 106 Å². The van der Waals surface area contributed by atoms with Crippen molar-refractivity contribution in [3.8, 4) is 5.75 Å². The molecule has 34 heavy (non-hydrogen) atoms. The van der Waals surface area contributed by atoms with E-state index in [9.17, 15) is 9.59 Å². The summed E-state index contributed by atoms with van der Waals surface area (Å²) in [6.45, 7) is 0.417. The molecule has 0 unspecified atom stereocenters. The van der Waals surface area contributed by atoms with E-state index in [1.807, 2.05) is 18.2 Å². The maximum atomic E-state index is 12.7. The number of esters is 1. The van der Waals surface area contributed by atoms with Crippen LogP contribution in [0.2, 0.25) is 10.0 Å². The van der Waals surface area contributed by atoms with E-state index in [2.05, 4.69) is 29.6 Å². The molecule has 0 aliphatic rings. The highest BCUT2D eigenvalue weighted by atomic mass is 35.5. The molecule has 4 aromatic carbocycles. The number of hydrogen-bond acceptors (Lipinski definition) is 4. The van der Waals surface area contributed by atoms with Gasteiger partial charge in [-0.05, 0) is 52.7 Å². The molecule has 4 aromatic rings. The van der Waals surface area contributed by atoms with Crippen molar-refractivity contribution in [2.24, 2.45) is 0 Å². The lowest BCUT2D eigenvalue weighted by molar-refractivity contribution is 0.0601. The number of carbonyl (C=O) groups excluding carboxylic acids is 2. The number of carbonyl (C=O) groups is 2. The fourth-order valence-electron chi connectivity index (χ4n) is 3.65. The van der Waals surface area contributed by atoms with Gasteiger partial charge in [-0.2, -0.15) is 0 Å². The van der Waals surface area contributed by atoms with Crippen LogP contribution in [0.5, 0.6) is 5.75 Å². The third kappa shape index (κ3) is 5.33. The first-order valence-electron chi connectivity index (χ1n) is 10.5. The van der Waals surface area contributed by atoms with E-state index < -0.39 is 11.9 Å². The standard InChI is InChI=1S/C27H21Cl2NO4/c1-33-27(32)23-16-20(34-14-13-18-7-4-6-17-5-2-3-8-21(17)18)10-12-25(23)30-26(31)22-11-9-19(28)15-24(22)29/h2-12,15-16H,13-14H2,1H3,(H,30,31). The summed E-state index contributed by atoms with van der Waals surface area (Å²) in [5.41, 5.74) is 1.86. The predicted molar refractivity (Wildman–Crippen MR) is 135 cm³/mol. The van der Waals surface area contributed by atoms with Crippen LogP contribution >= 0.6 is 23.2 Å². The Morgan fingerprint density at radius 3 is 2.47 bits per heavy atom. The zero-order valence-corrected chi connectivity index (χ0v) is 19.8. The number of ether oxygens (including phenoxy) is 2. The van der Waals surface area contributed by atoms with Gasteiger partial charge in [0.25, 0.3) is 5.91 Å². The minimum absolute atomic E-state index is 0.170. The summed E-state index contributed by atoms with van der Waals surface area (Å²) >= 11 is 12.0. The number of rotatable bonds is 7. The lowest BCUT2D eigenvalue weighted by Crippen LogP contribution is -2.16. The van der Waals surface area contributed by atoms with Gasteiger partial charge >= 0.3 is 5.97 Å². The first-order valence-corrected chi connectivity index (χ1v) is 11.3. The molecule has 172 valence electrons. The van der Waals surface area contributed by atoms with Crippen molar-refractivity contribution < 1.29 is 19.1 Å². The Morgan fingerprint density at radius 1 is 0.882 bits per heavy atom. The average Bonchev–Trinajstić information content (AvgIpc) is 2.84. The van der Waals surface area contributed by atoms with Crippen LogP contribution in [0.25, 0.3) is 10.8 Å². The van der Waals surface area contributed by atoms with E-state index >= 15 is 0 Å². The minimum Gasteiger partial charge on any atom is -0.493 e. The Labute approximate surface area is 207 Å². The molecule has 0 fully saturated rings. The third-order valence-corrected chi connectivity index (χ3v) is 5.89. The number of halogens is 2. The summed E-state index contributed by atoms with van der Waals surface area (Å²) in [6.07, 6.45) is 0.697. The van der Waals surface area contributed by atoms with Crippen molar-refractivity contribution in [2.75, 3.05) is 19.0 Å². The minimum atomic E-state index is -0.600. The topological polar surface area (TPSA) is 64.6 Å². The van der Waals surface area contributed by atoms with Gasteiger partial charge in [0.2, 0.25) is 0 Å². The molecule has 1 amide bonds. The molecular weight excluding hydrogens is 473 g/mol. The molecule has 0 aliphatic heterocycles. The largest absolute Gasteiger partial charge is 0.493 e. The normalized spacial score (nSPS) is 10.7. The first-order chi connectivity index (χ1) is 16.5. The number of amides is 1. The quantitative estimate of drug-likeness (QED) is 0.287. The van der Waals surface area contributed by atoms with Crippen molar-refractivity contribution in [3.63, 3.8) is 0 Å². The molecule has 0 saturated carbocycles. The molecule has 7 heteroatoms. The second-order valence-electron chi connectivity index (χ2n) is 7.51. The van der Waals surface area contributed by atoms with Gasteiger partial charge < -0.3 is 14.8 Å². The van der Waals surface area contributed by atoms with Crippen LogP contribution in [0.3, 0.4) is 0 Å². The molecule has 0 aromatic heterocycles. The van der Waals surface area contributed by atoms with Crippen LogP contribution in [0.15, 0.2) is 78.9 Å². The molecule has 0 heterocycles. The molecule has 1 N–H and O–H groups in total. The lowest BCUT2D eigenvalue weighted by atomic mass is 10.0. The summed E-state index contributed by atoms with van der Waals surface area (Å²) in [7, 11) is 1.28. The molecular formula is C27H21Cl2NO4. The second kappa shape index (κ2) is 10.6. The Bertz CT molecular complexity index is 1360. The van der Waals surface area contributed by atoms with Gasteiger partial charge in [-0.25, -0.2) is 4.79 Å². The zero-order chi connectivity index (χ0) is 24.1. The maximum absolute atomic E-state index is 12.7. The fraction of sp³-hybridized carbons (Fsp3) is 0.111. The van der Waals surface area contributed by atoms with E-state index in [1.165, 1.54) is 35.6 Å². The van der Waals surface area contributed by atoms with Gasteiger partial charge in [0.05, 0.1) is 35.6 Å². The number of benzene rings is 4. The van der Waals surface area contributed by atoms with Gasteiger partial charge in [-0.15, -0.1) is 0 Å². The second-order valence-corrected chi connectivity index (χ2v) is 8.36. The Hall–Kier alpha value is -3.54. The Morgan fingerprint density at radius 2 is 1.68 bits per heavy atom. The zero-order valence-electron chi connectivity index (χ0n) is 18.3. The van der Waals surface area contributed by atoms with Crippen LogP contribution in [-0.4, -0.2) is 25.6 Å². The molecule has 0 spiro atoms. The smallest absolute Gasteiger partial charge is 0.340 e. The number of nitrogens with one attached hydrogen (secondary N) is 1. The molecule has 0 aliphatic carbocycles. The summed E-state index contributed by atoms with van der Waals surface area (Å²) in [5, 5.41) is 5.69. The highest BCUT2D eigenvalue weighted by Gasteiger charge is 2.18. The van der Waals surface area contributed by atoms with E-state index in [4.69, 9.17) is 32.7 Å². The molecule has 0 saturated heterocycles. The van der Waals surface area contributed by atoms with Crippen LogP contribution in [0.1, 0.15) is 26.3 Å². The van der Waals surface area contributed by atoms with E-state index in [0.29, 0.717) is 23.8 Å². The highest BCUT2D eigenvalue weighted by molar-refractivity contribution is 6.37. The summed E-state index contributed by atoms with van der Waals surface area (Å²) in [4.78, 5) is 25.1. The summed E-state index contributed by atoms with van der Waals surface area (Å²) < 4.78 is 10.8. The van der Waals surface area contributed by atoms with Crippen LogP contribution in [-0.2, 0) is 11.2 Å². The average molecular weight is 494 g/mol. The number of hydrogen-bond donors (Lipinski definition) is 1. The van der Waals surface area contributed by atoms with Gasteiger partial charge in [-0.3, -0.25) is 4.79 Å². The monoisotopic (exact) mass is 493 g/mol. The SMILES string of the molecule is COC(=O)c1cc(OCCc2cccc3ccccc23)ccc1NC(=O)c1ccc(Cl)cc1Cl. The van der Waals surface area contributed by atoms with Crippen LogP contribution in [0.4, 0.5) is 5.69 Å². The van der Waals surface area contributed by atoms with Gasteiger partial charge in [0, 0.05) is 11.4 Å². The van der Waals surface area contributed by atoms with Crippen molar-refractivity contribution in [1.29, 1.82) is 0 Å². The Balaban J connectivity index is 1.50. The molecule has 0 atom stereocenters. The van der Waals surface area contributed by atoms with Crippen LogP contribution < -0.4 is 10.1 Å². The molecule has 0 bridgehead atoms. The van der Waals surface area contributed by atoms with Gasteiger partial charge in [0.1, 0.15) is 5.75 Å². The Kier molecular flexibility index (Phi) is 7.36. The van der Waals surface area contributed by atoms with Crippen molar-refractivity contribution in [2.45, 2.75) is 6.42 Å². The summed E-state index contributed by atoms with van der Waals surface area (Å²) in [6, 6.07) is 23.8. The first kappa shape index (κ1) is 23.6. The number of methoxy groups -OCH3 is 1. The van der Waals surface area contributed by atoms with E-state index in [0.717, 1.165) is 0 Å². The molecule has 4 rings (SSSR count). The maximum Gasteiger partial charge on any atom is 0.340 e. The molecule has 5 nitrogen and oxygen atoms in total. The predicted octanol–water partition coefficient (Wildman–Crippen LogP) is 6.81. The third-order valence-electron chi connectivity index (χ3n) is 5.34. The van der Waals surface area contributed by atoms with Crippen molar-refractivity contribution >= 4 is 51.5 Å². The van der Waals surface area contributed by atoms with Crippen molar-refractivity contribution in [1.82, 2.24) is 0 Å². The highest BCUT2D eigenvalue weighted by Crippen LogP contribution is 2.27. The van der Waals surface area contributed by atoms with E-state index in [1.54, 1.807) is 24.3 Å².